The molecule has 0 saturated carbocycles. The maximum absolute atomic E-state index is 13.4. The molecule has 0 aliphatic heterocycles. The molecule has 0 rings (SSSR count). The number of hydrogen-bond acceptors (Lipinski definition) is 15. The number of aliphatic carboxylic acids is 3. The number of carbonyl (C=O) groups excluding carboxylic acids is 7. The number of rotatable bonds is 55. The van der Waals surface area contributed by atoms with Crippen LogP contribution in [0.4, 0.5) is 0 Å². The van der Waals surface area contributed by atoms with Crippen molar-refractivity contribution in [2.75, 3.05) is 65.9 Å². The van der Waals surface area contributed by atoms with Crippen molar-refractivity contribution in [2.24, 2.45) is 11.8 Å². The van der Waals surface area contributed by atoms with E-state index in [0.29, 0.717) is 38.6 Å². The maximum Gasteiger partial charge on any atom is 0.326 e. The maximum atomic E-state index is 13.4. The van der Waals surface area contributed by atoms with Crippen LogP contribution in [0.2, 0.25) is 0 Å². The molecule has 22 nitrogen and oxygen atoms in total. The van der Waals surface area contributed by atoms with Gasteiger partial charge in [0.05, 0.1) is 51.2 Å². The van der Waals surface area contributed by atoms with Crippen LogP contribution in [0.5, 0.6) is 0 Å². The Labute approximate surface area is 477 Å². The molecule has 0 spiro atoms. The molecule has 0 heterocycles. The third-order valence-electron chi connectivity index (χ3n) is 12.8. The SMILES string of the molecule is CC.CC(C)C(=O)[C@H](C)N[C@H](CCCCNC(=O)COCCOCCNC(=O)COCCOCCCC(=O)CC[C@H](NC(=O)CCCCCCCCCCCCCCCCC(=O)O)C(=O)O)C(=O)N[C@@H](CCC(=O)O)C(=O)C(C)C. The Kier molecular flexibility index (Phi) is 50.3. The van der Waals surface area contributed by atoms with Gasteiger partial charge in [0, 0.05) is 63.6 Å². The molecule has 22 heteroatoms. The largest absolute Gasteiger partial charge is 0.481 e. The highest BCUT2D eigenvalue weighted by Gasteiger charge is 2.30. The summed E-state index contributed by atoms with van der Waals surface area (Å²) in [5, 5.41) is 41.1. The summed E-state index contributed by atoms with van der Waals surface area (Å²) >= 11 is 0. The molecular formula is C58H105N5O17. The predicted molar refractivity (Wildman–Crippen MR) is 304 cm³/mol. The average Bonchev–Trinajstić information content (AvgIpc) is 3.41. The van der Waals surface area contributed by atoms with Crippen molar-refractivity contribution in [3.05, 3.63) is 0 Å². The number of ether oxygens (including phenoxy) is 4. The third-order valence-corrected chi connectivity index (χ3v) is 12.8. The minimum absolute atomic E-state index is 0.0147. The highest BCUT2D eigenvalue weighted by atomic mass is 16.5. The van der Waals surface area contributed by atoms with Crippen molar-refractivity contribution in [1.82, 2.24) is 26.6 Å². The molecule has 0 aliphatic carbocycles. The molecule has 4 atom stereocenters. The van der Waals surface area contributed by atoms with Crippen LogP contribution in [0.1, 0.15) is 209 Å². The smallest absolute Gasteiger partial charge is 0.326 e. The monoisotopic (exact) mass is 1140 g/mol. The number of carboxylic acid groups (broad SMARTS) is 3. The second kappa shape index (κ2) is 52.2. The van der Waals surface area contributed by atoms with Crippen molar-refractivity contribution in [1.29, 1.82) is 0 Å². The quantitative estimate of drug-likeness (QED) is 0.0295. The molecule has 0 aliphatic rings. The molecule has 4 amide bonds. The molecule has 464 valence electrons. The van der Waals surface area contributed by atoms with Crippen molar-refractivity contribution in [2.45, 2.75) is 233 Å². The fraction of sp³-hybridized carbons (Fsp3) is 0.828. The molecule has 0 bridgehead atoms. The molecule has 0 aromatic rings. The zero-order valence-corrected chi connectivity index (χ0v) is 49.8. The first-order valence-corrected chi connectivity index (χ1v) is 29.7. The Morgan fingerprint density at radius 2 is 0.850 bits per heavy atom. The fourth-order valence-electron chi connectivity index (χ4n) is 8.25. The minimum atomic E-state index is -1.17. The Morgan fingerprint density at radius 3 is 1.35 bits per heavy atom. The van der Waals surface area contributed by atoms with E-state index >= 15 is 0 Å². The number of hydrogen-bond donors (Lipinski definition) is 8. The summed E-state index contributed by atoms with van der Waals surface area (Å²) in [5.41, 5.74) is 0. The van der Waals surface area contributed by atoms with E-state index in [-0.39, 0.29) is 145 Å². The lowest BCUT2D eigenvalue weighted by Crippen LogP contribution is -2.54. The molecule has 80 heavy (non-hydrogen) atoms. The van der Waals surface area contributed by atoms with Gasteiger partial charge in [-0.2, -0.15) is 0 Å². The van der Waals surface area contributed by atoms with Crippen LogP contribution in [0.3, 0.4) is 0 Å². The van der Waals surface area contributed by atoms with E-state index in [9.17, 15) is 53.1 Å². The Morgan fingerprint density at radius 1 is 0.388 bits per heavy atom. The molecule has 0 aromatic carbocycles. The molecule has 8 N–H and O–H groups in total. The van der Waals surface area contributed by atoms with Crippen LogP contribution in [0.15, 0.2) is 0 Å². The summed E-state index contributed by atoms with van der Waals surface area (Å²) in [6.07, 6.45) is 17.1. The molecule has 0 fully saturated rings. The van der Waals surface area contributed by atoms with Crippen LogP contribution in [0, 0.1) is 11.8 Å². The van der Waals surface area contributed by atoms with Crippen LogP contribution in [-0.4, -0.2) is 164 Å². The highest BCUT2D eigenvalue weighted by Crippen LogP contribution is 2.15. The summed E-state index contributed by atoms with van der Waals surface area (Å²) in [6.45, 7) is 13.8. The van der Waals surface area contributed by atoms with Crippen molar-refractivity contribution < 1.29 is 82.2 Å². The first-order chi connectivity index (χ1) is 38.2. The van der Waals surface area contributed by atoms with E-state index in [2.05, 4.69) is 26.6 Å². The summed E-state index contributed by atoms with van der Waals surface area (Å²) in [6, 6.07) is -3.58. The zero-order chi connectivity index (χ0) is 60.4. The third kappa shape index (κ3) is 46.8. The van der Waals surface area contributed by atoms with Gasteiger partial charge in [-0.05, 0) is 58.3 Å². The van der Waals surface area contributed by atoms with Gasteiger partial charge in [0.2, 0.25) is 23.6 Å². The van der Waals surface area contributed by atoms with E-state index in [4.69, 9.17) is 29.2 Å². The number of nitrogens with one attached hydrogen (secondary N) is 5. The van der Waals surface area contributed by atoms with Gasteiger partial charge in [0.1, 0.15) is 25.0 Å². The highest BCUT2D eigenvalue weighted by molar-refractivity contribution is 5.93. The van der Waals surface area contributed by atoms with E-state index < -0.39 is 53.9 Å². The number of unbranched alkanes of at least 4 members (excludes halogenated alkanes) is 14. The molecule has 0 saturated heterocycles. The summed E-state index contributed by atoms with van der Waals surface area (Å²) in [7, 11) is 0. The molecule has 0 aromatic heterocycles. The molecule has 0 radical (unpaired) electrons. The number of ketones is 3. The topological polar surface area (TPSA) is 328 Å². The second-order valence-electron chi connectivity index (χ2n) is 20.6. The van der Waals surface area contributed by atoms with Gasteiger partial charge in [-0.25, -0.2) is 4.79 Å². The average molecular weight is 1140 g/mol. The lowest BCUT2D eigenvalue weighted by Gasteiger charge is -2.26. The zero-order valence-electron chi connectivity index (χ0n) is 49.8. The van der Waals surface area contributed by atoms with Crippen molar-refractivity contribution in [3.8, 4) is 0 Å². The van der Waals surface area contributed by atoms with Gasteiger partial charge in [0.15, 0.2) is 11.6 Å². The number of carboxylic acids is 3. The van der Waals surface area contributed by atoms with Gasteiger partial charge in [-0.1, -0.05) is 119 Å². The van der Waals surface area contributed by atoms with Crippen molar-refractivity contribution >= 4 is 58.9 Å². The van der Waals surface area contributed by atoms with Gasteiger partial charge in [0.25, 0.3) is 0 Å². The molecule has 0 unspecified atom stereocenters. The predicted octanol–water partition coefficient (Wildman–Crippen LogP) is 6.65. The van der Waals surface area contributed by atoms with E-state index in [1.54, 1.807) is 34.6 Å². The van der Waals surface area contributed by atoms with Gasteiger partial charge in [-0.15, -0.1) is 0 Å². The van der Waals surface area contributed by atoms with Gasteiger partial charge in [-0.3, -0.25) is 48.5 Å². The van der Waals surface area contributed by atoms with E-state index in [0.717, 1.165) is 44.9 Å². The summed E-state index contributed by atoms with van der Waals surface area (Å²) < 4.78 is 21.6. The lowest BCUT2D eigenvalue weighted by atomic mass is 9.96. The first-order valence-electron chi connectivity index (χ1n) is 29.7. The second-order valence-corrected chi connectivity index (χ2v) is 20.6. The van der Waals surface area contributed by atoms with Crippen molar-refractivity contribution in [3.63, 3.8) is 0 Å². The Balaban J connectivity index is 0. The number of amides is 4. The number of carbonyl (C=O) groups is 10. The van der Waals surface area contributed by atoms with Crippen LogP contribution in [-0.2, 0) is 66.9 Å². The normalized spacial score (nSPS) is 12.6. The molecular weight excluding hydrogens is 1040 g/mol. The first kappa shape index (κ1) is 77.2. The lowest BCUT2D eigenvalue weighted by molar-refractivity contribution is -0.142. The van der Waals surface area contributed by atoms with E-state index in [1.807, 2.05) is 13.8 Å². The standard InChI is InChI=1S/C56H99N5O17.C2H6/c1-41(2)53(70)43(5)59-46(55(72)61-45(29-30-52(68)69)54(71)42(3)4)24-20-21-31-57-49(64)39-78-38-36-76-34-32-58-50(65)40-77-37-35-75-33-22-23-44(62)27-28-47(56(73)74)60-48(63)25-18-16-14-12-10-8-6-7-9-11-13-15-17-19-26-51(66)67;1-2/h41-43,45-47,59H,6-40H2,1-5H3,(H,57,64)(H,58,65)(H,60,63)(H,61,72)(H,66,67)(H,68,69)(H,73,74);1-2H3/t43-,45-,46+,47-;/m0./s1. The minimum Gasteiger partial charge on any atom is -0.481 e. The number of Topliss-reactive ketones (excluding diaryl/α,β-unsaturated/α-hetero) is 3. The van der Waals surface area contributed by atoms with Crippen LogP contribution in [0.25, 0.3) is 0 Å². The van der Waals surface area contributed by atoms with Gasteiger partial charge >= 0.3 is 17.9 Å². The van der Waals surface area contributed by atoms with Gasteiger partial charge < -0.3 is 55.5 Å². The summed E-state index contributed by atoms with van der Waals surface area (Å²) in [5.74, 6) is -5.70. The van der Waals surface area contributed by atoms with Crippen LogP contribution >= 0.6 is 0 Å². The Hall–Kier alpha value is -4.90. The fourth-order valence-corrected chi connectivity index (χ4v) is 8.25. The van der Waals surface area contributed by atoms with Crippen LogP contribution < -0.4 is 26.6 Å². The van der Waals surface area contributed by atoms with E-state index in [1.165, 1.54) is 38.5 Å². The Bertz CT molecular complexity index is 1730. The summed E-state index contributed by atoms with van der Waals surface area (Å²) in [4.78, 5) is 121.